The lowest BCUT2D eigenvalue weighted by atomic mass is 9.67. The smallest absolute Gasteiger partial charge is 0.224 e. The van der Waals surface area contributed by atoms with Crippen LogP contribution in [0.2, 0.25) is 0 Å². The molecular formula is C18H22N4O. The Kier molecular flexibility index (Phi) is 3.63. The largest absolute Gasteiger partial charge is 0.334 e. The van der Waals surface area contributed by atoms with E-state index in [0.717, 1.165) is 6.54 Å². The summed E-state index contributed by atoms with van der Waals surface area (Å²) in [5.41, 5.74) is 1.61. The number of hydrogen-bond donors (Lipinski definition) is 0. The Morgan fingerprint density at radius 3 is 2.70 bits per heavy atom. The van der Waals surface area contributed by atoms with Gasteiger partial charge < -0.3 is 4.90 Å². The lowest BCUT2D eigenvalue weighted by Crippen LogP contribution is -2.59. The van der Waals surface area contributed by atoms with E-state index in [1.54, 1.807) is 17.1 Å². The van der Waals surface area contributed by atoms with Gasteiger partial charge in [-0.05, 0) is 18.4 Å². The Morgan fingerprint density at radius 1 is 1.22 bits per heavy atom. The number of likely N-dealkylation sites (tertiary alicyclic amines) is 1. The molecule has 23 heavy (non-hydrogen) atoms. The van der Waals surface area contributed by atoms with Crippen molar-refractivity contribution >= 4 is 5.91 Å². The summed E-state index contributed by atoms with van der Waals surface area (Å²) in [6, 6.07) is 10.8. The number of rotatable bonds is 4. The van der Waals surface area contributed by atoms with Gasteiger partial charge in [0.1, 0.15) is 0 Å². The summed E-state index contributed by atoms with van der Waals surface area (Å²) < 4.78 is 1.72. The van der Waals surface area contributed by atoms with Crippen LogP contribution in [0, 0.1) is 5.41 Å². The highest BCUT2D eigenvalue weighted by molar-refractivity contribution is 5.78. The number of carbonyl (C=O) groups excluding carboxylic acids is 1. The zero-order valence-electron chi connectivity index (χ0n) is 13.3. The molecule has 0 radical (unpaired) electrons. The molecule has 1 saturated carbocycles. The average molecular weight is 310 g/mol. The van der Waals surface area contributed by atoms with E-state index in [9.17, 15) is 4.79 Å². The second-order valence-corrected chi connectivity index (χ2v) is 6.82. The Balaban J connectivity index is 1.50. The van der Waals surface area contributed by atoms with Gasteiger partial charge in [-0.15, -0.1) is 5.10 Å². The van der Waals surface area contributed by atoms with E-state index in [0.29, 0.717) is 18.4 Å². The van der Waals surface area contributed by atoms with Crippen LogP contribution in [0.4, 0.5) is 0 Å². The molecule has 4 rings (SSSR count). The topological polar surface area (TPSA) is 51.0 Å². The van der Waals surface area contributed by atoms with Crippen molar-refractivity contribution in [2.75, 3.05) is 6.54 Å². The van der Waals surface area contributed by atoms with Crippen LogP contribution in [-0.4, -0.2) is 32.3 Å². The molecule has 2 aliphatic rings. The molecule has 0 unspecified atom stereocenters. The summed E-state index contributed by atoms with van der Waals surface area (Å²) in [6.07, 6.45) is 9.03. The zero-order valence-corrected chi connectivity index (χ0v) is 13.3. The number of nitrogens with zero attached hydrogens (tertiary/aromatic N) is 4. The summed E-state index contributed by atoms with van der Waals surface area (Å²) in [7, 11) is 0. The van der Waals surface area contributed by atoms with E-state index >= 15 is 0 Å². The van der Waals surface area contributed by atoms with Gasteiger partial charge in [-0.1, -0.05) is 48.4 Å². The van der Waals surface area contributed by atoms with E-state index in [1.165, 1.54) is 31.2 Å². The molecule has 2 heterocycles. The van der Waals surface area contributed by atoms with Crippen molar-refractivity contribution in [3.8, 4) is 0 Å². The Morgan fingerprint density at radius 2 is 2.00 bits per heavy atom. The van der Waals surface area contributed by atoms with Crippen molar-refractivity contribution in [2.24, 2.45) is 5.41 Å². The number of benzene rings is 1. The standard InChI is InChI=1S/C18H22N4O/c23-16(8-12-21-13-11-19-20-21)22-14-18(9-4-5-10-18)17(22)15-6-2-1-3-7-15/h1-3,6-7,11,13,17H,4-5,8-10,12,14H2/t17-/m1/s1. The zero-order chi connectivity index (χ0) is 15.7. The molecule has 1 aromatic carbocycles. The SMILES string of the molecule is O=C(CCn1ccnn1)N1CC2(CCCC2)[C@H]1c1ccccc1. The van der Waals surface area contributed by atoms with Crippen molar-refractivity contribution in [1.82, 2.24) is 19.9 Å². The minimum absolute atomic E-state index is 0.229. The first-order chi connectivity index (χ1) is 11.3. The second-order valence-electron chi connectivity index (χ2n) is 6.82. The minimum Gasteiger partial charge on any atom is -0.334 e. The Labute approximate surface area is 136 Å². The quantitative estimate of drug-likeness (QED) is 0.872. The predicted octanol–water partition coefficient (Wildman–Crippen LogP) is 2.81. The van der Waals surface area contributed by atoms with E-state index in [4.69, 9.17) is 0 Å². The van der Waals surface area contributed by atoms with Gasteiger partial charge in [0.2, 0.25) is 5.91 Å². The average Bonchev–Trinajstić information content (AvgIpc) is 3.24. The second kappa shape index (κ2) is 5.80. The molecule has 1 amide bonds. The maximum Gasteiger partial charge on any atom is 0.224 e. The van der Waals surface area contributed by atoms with Crippen LogP contribution in [0.3, 0.4) is 0 Å². The molecule has 1 spiro atoms. The number of aryl methyl sites for hydroxylation is 1. The molecule has 2 aromatic rings. The maximum atomic E-state index is 12.7. The summed E-state index contributed by atoms with van der Waals surface area (Å²) in [4.78, 5) is 14.8. The molecule has 1 aliphatic carbocycles. The van der Waals surface area contributed by atoms with Gasteiger partial charge in [0, 0.05) is 24.6 Å². The van der Waals surface area contributed by atoms with Gasteiger partial charge in [0.05, 0.1) is 18.8 Å². The van der Waals surface area contributed by atoms with E-state index in [2.05, 4.69) is 39.5 Å². The maximum absolute atomic E-state index is 12.7. The van der Waals surface area contributed by atoms with E-state index < -0.39 is 0 Å². The molecule has 1 saturated heterocycles. The third kappa shape index (κ3) is 2.54. The molecule has 5 nitrogen and oxygen atoms in total. The third-order valence-electron chi connectivity index (χ3n) is 5.44. The molecular weight excluding hydrogens is 288 g/mol. The van der Waals surface area contributed by atoms with Crippen molar-refractivity contribution in [2.45, 2.75) is 44.7 Å². The molecule has 2 fully saturated rings. The first-order valence-corrected chi connectivity index (χ1v) is 8.47. The van der Waals surface area contributed by atoms with Crippen LogP contribution >= 0.6 is 0 Å². The summed E-state index contributed by atoms with van der Waals surface area (Å²) in [5, 5.41) is 7.72. The fraction of sp³-hybridized carbons (Fsp3) is 0.500. The van der Waals surface area contributed by atoms with Gasteiger partial charge >= 0.3 is 0 Å². The number of aromatic nitrogens is 3. The molecule has 0 N–H and O–H groups in total. The van der Waals surface area contributed by atoms with E-state index in [-0.39, 0.29) is 11.9 Å². The van der Waals surface area contributed by atoms with E-state index in [1.807, 2.05) is 6.07 Å². The van der Waals surface area contributed by atoms with Crippen molar-refractivity contribution in [3.63, 3.8) is 0 Å². The van der Waals surface area contributed by atoms with Crippen LogP contribution < -0.4 is 0 Å². The normalized spacial score (nSPS) is 22.3. The number of hydrogen-bond acceptors (Lipinski definition) is 3. The van der Waals surface area contributed by atoms with Crippen LogP contribution in [0.25, 0.3) is 0 Å². The van der Waals surface area contributed by atoms with Crippen LogP contribution in [0.5, 0.6) is 0 Å². The Bertz CT molecular complexity index is 662. The molecule has 1 aliphatic heterocycles. The number of carbonyl (C=O) groups is 1. The van der Waals surface area contributed by atoms with Crippen LogP contribution in [0.15, 0.2) is 42.7 Å². The predicted molar refractivity (Wildman–Crippen MR) is 86.4 cm³/mol. The highest BCUT2D eigenvalue weighted by atomic mass is 16.2. The highest BCUT2D eigenvalue weighted by Crippen LogP contribution is 2.58. The lowest BCUT2D eigenvalue weighted by molar-refractivity contribution is -0.155. The molecule has 0 bridgehead atoms. The van der Waals surface area contributed by atoms with Crippen molar-refractivity contribution in [1.29, 1.82) is 0 Å². The van der Waals surface area contributed by atoms with Gasteiger partial charge in [0.15, 0.2) is 0 Å². The highest BCUT2D eigenvalue weighted by Gasteiger charge is 2.55. The van der Waals surface area contributed by atoms with Gasteiger partial charge in [0.25, 0.3) is 0 Å². The monoisotopic (exact) mass is 310 g/mol. The van der Waals surface area contributed by atoms with Gasteiger partial charge in [-0.3, -0.25) is 9.48 Å². The third-order valence-corrected chi connectivity index (χ3v) is 5.44. The summed E-state index contributed by atoms with van der Waals surface area (Å²) >= 11 is 0. The van der Waals surface area contributed by atoms with Gasteiger partial charge in [-0.2, -0.15) is 0 Å². The van der Waals surface area contributed by atoms with Gasteiger partial charge in [-0.25, -0.2) is 0 Å². The lowest BCUT2D eigenvalue weighted by Gasteiger charge is -2.56. The molecule has 5 heteroatoms. The summed E-state index contributed by atoms with van der Waals surface area (Å²) in [5.74, 6) is 0.229. The molecule has 1 aromatic heterocycles. The summed E-state index contributed by atoms with van der Waals surface area (Å²) in [6.45, 7) is 1.52. The number of amides is 1. The molecule has 120 valence electrons. The molecule has 1 atom stereocenters. The fourth-order valence-corrected chi connectivity index (χ4v) is 4.35. The fourth-order valence-electron chi connectivity index (χ4n) is 4.35. The first-order valence-electron chi connectivity index (χ1n) is 8.47. The van der Waals surface area contributed by atoms with Crippen molar-refractivity contribution in [3.05, 3.63) is 48.3 Å². The van der Waals surface area contributed by atoms with Crippen LogP contribution in [-0.2, 0) is 11.3 Å². The Hall–Kier alpha value is -2.17. The van der Waals surface area contributed by atoms with Crippen molar-refractivity contribution < 1.29 is 4.79 Å². The first kappa shape index (κ1) is 14.4. The minimum atomic E-state index is 0.229. The van der Waals surface area contributed by atoms with Crippen LogP contribution in [0.1, 0.15) is 43.7 Å².